The maximum atomic E-state index is 10.8. The van der Waals surface area contributed by atoms with Gasteiger partial charge in [-0.25, -0.2) is 9.78 Å². The molecule has 0 bridgehead atoms. The Labute approximate surface area is 109 Å². The largest absolute Gasteiger partial charge is 0.496 e. The first-order chi connectivity index (χ1) is 8.54. The number of thiazole rings is 1. The molecule has 0 amide bonds. The Hall–Kier alpha value is -1.88. The lowest BCUT2D eigenvalue weighted by atomic mass is 10.0. The van der Waals surface area contributed by atoms with E-state index in [1.54, 1.807) is 12.5 Å². The summed E-state index contributed by atoms with van der Waals surface area (Å²) in [5.41, 5.74) is 3.73. The molecule has 0 fully saturated rings. The van der Waals surface area contributed by atoms with Gasteiger partial charge in [0.15, 0.2) is 0 Å². The second-order valence-electron chi connectivity index (χ2n) is 3.91. The Morgan fingerprint density at radius 3 is 2.61 bits per heavy atom. The highest BCUT2D eigenvalue weighted by Crippen LogP contribution is 2.31. The first-order valence-electron chi connectivity index (χ1n) is 5.38. The van der Waals surface area contributed by atoms with Crippen molar-refractivity contribution in [3.63, 3.8) is 0 Å². The summed E-state index contributed by atoms with van der Waals surface area (Å²) in [6, 6.07) is 3.78. The van der Waals surface area contributed by atoms with Gasteiger partial charge < -0.3 is 9.84 Å². The summed E-state index contributed by atoms with van der Waals surface area (Å²) >= 11 is 1.14. The first-order valence-corrected chi connectivity index (χ1v) is 6.26. The predicted octanol–water partition coefficient (Wildman–Crippen LogP) is 3.13. The Bertz CT molecular complexity index is 604. The van der Waals surface area contributed by atoms with Crippen LogP contribution in [0.4, 0.5) is 0 Å². The van der Waals surface area contributed by atoms with Gasteiger partial charge in [0.2, 0.25) is 5.01 Å². The number of methoxy groups -OCH3 is 1. The molecule has 5 heteroatoms. The minimum absolute atomic E-state index is 0.109. The maximum Gasteiger partial charge on any atom is 0.365 e. The predicted molar refractivity (Wildman–Crippen MR) is 70.5 cm³/mol. The number of rotatable bonds is 3. The number of aromatic carboxylic acids is 1. The highest BCUT2D eigenvalue weighted by molar-refractivity contribution is 7.11. The molecule has 1 aromatic carbocycles. The summed E-state index contributed by atoms with van der Waals surface area (Å²) < 4.78 is 5.25. The topological polar surface area (TPSA) is 59.4 Å². The lowest BCUT2D eigenvalue weighted by Crippen LogP contribution is -1.96. The number of nitrogens with zero attached hydrogens (tertiary/aromatic N) is 1. The fourth-order valence-electron chi connectivity index (χ4n) is 1.79. The first kappa shape index (κ1) is 12.6. The standard InChI is InChI=1S/C13H13NO3S/c1-7-8(2)11(17-3)5-4-9(7)10-6-18-12(14-10)13(15)16/h4-6H,1-3H3,(H,15,16). The molecule has 2 aromatic rings. The van der Waals surface area contributed by atoms with E-state index in [2.05, 4.69) is 4.98 Å². The fraction of sp³-hybridized carbons (Fsp3) is 0.231. The van der Waals surface area contributed by atoms with E-state index in [9.17, 15) is 4.79 Å². The van der Waals surface area contributed by atoms with Crippen molar-refractivity contribution in [3.8, 4) is 17.0 Å². The summed E-state index contributed by atoms with van der Waals surface area (Å²) in [4.78, 5) is 14.9. The number of carboxylic acid groups (broad SMARTS) is 1. The molecule has 0 saturated heterocycles. The second-order valence-corrected chi connectivity index (χ2v) is 4.77. The summed E-state index contributed by atoms with van der Waals surface area (Å²) in [5.74, 6) is -0.168. The molecule has 0 aliphatic heterocycles. The average molecular weight is 263 g/mol. The molecule has 0 atom stereocenters. The van der Waals surface area contributed by atoms with Crippen LogP contribution in [-0.4, -0.2) is 23.2 Å². The van der Waals surface area contributed by atoms with E-state index in [1.807, 2.05) is 26.0 Å². The third-order valence-corrected chi connectivity index (χ3v) is 3.75. The number of hydrogen-bond donors (Lipinski definition) is 1. The number of ether oxygens (including phenoxy) is 1. The van der Waals surface area contributed by atoms with Crippen molar-refractivity contribution in [2.24, 2.45) is 0 Å². The van der Waals surface area contributed by atoms with Gasteiger partial charge in [-0.05, 0) is 37.1 Å². The summed E-state index contributed by atoms with van der Waals surface area (Å²) in [6.45, 7) is 3.95. The van der Waals surface area contributed by atoms with Crippen molar-refractivity contribution < 1.29 is 14.6 Å². The van der Waals surface area contributed by atoms with Crippen LogP contribution in [0.5, 0.6) is 5.75 Å². The van der Waals surface area contributed by atoms with E-state index in [1.165, 1.54) is 0 Å². The monoisotopic (exact) mass is 263 g/mol. The molecular weight excluding hydrogens is 250 g/mol. The highest BCUT2D eigenvalue weighted by Gasteiger charge is 2.14. The van der Waals surface area contributed by atoms with E-state index in [-0.39, 0.29) is 5.01 Å². The van der Waals surface area contributed by atoms with E-state index in [0.717, 1.165) is 33.8 Å². The number of aromatic nitrogens is 1. The number of hydrogen-bond acceptors (Lipinski definition) is 4. The van der Waals surface area contributed by atoms with Crippen LogP contribution in [0.3, 0.4) is 0 Å². The molecule has 0 unspecified atom stereocenters. The van der Waals surface area contributed by atoms with Gasteiger partial charge in [0, 0.05) is 10.9 Å². The van der Waals surface area contributed by atoms with E-state index >= 15 is 0 Å². The molecule has 2 rings (SSSR count). The maximum absolute atomic E-state index is 10.8. The van der Waals surface area contributed by atoms with Crippen LogP contribution in [0.15, 0.2) is 17.5 Å². The molecule has 0 aliphatic rings. The molecule has 0 saturated carbocycles. The summed E-state index contributed by atoms with van der Waals surface area (Å²) in [7, 11) is 1.63. The second kappa shape index (κ2) is 4.78. The Morgan fingerprint density at radius 1 is 1.33 bits per heavy atom. The Kier molecular flexibility index (Phi) is 3.34. The van der Waals surface area contributed by atoms with Gasteiger partial charge in [-0.15, -0.1) is 11.3 Å². The third-order valence-electron chi connectivity index (χ3n) is 2.92. The average Bonchev–Trinajstić information content (AvgIpc) is 2.82. The third kappa shape index (κ3) is 2.09. The van der Waals surface area contributed by atoms with Gasteiger partial charge in [0.1, 0.15) is 5.75 Å². The smallest absolute Gasteiger partial charge is 0.365 e. The molecule has 94 valence electrons. The van der Waals surface area contributed by atoms with Gasteiger partial charge in [-0.1, -0.05) is 0 Å². The van der Waals surface area contributed by atoms with Crippen molar-refractivity contribution in [1.82, 2.24) is 4.98 Å². The molecule has 0 spiro atoms. The molecule has 1 aromatic heterocycles. The van der Waals surface area contributed by atoms with Crippen LogP contribution < -0.4 is 4.74 Å². The van der Waals surface area contributed by atoms with Crippen LogP contribution in [-0.2, 0) is 0 Å². The van der Waals surface area contributed by atoms with Gasteiger partial charge >= 0.3 is 5.97 Å². The van der Waals surface area contributed by atoms with Crippen molar-refractivity contribution in [2.45, 2.75) is 13.8 Å². The van der Waals surface area contributed by atoms with Gasteiger partial charge in [0.05, 0.1) is 12.8 Å². The summed E-state index contributed by atoms with van der Waals surface area (Å²) in [5, 5.41) is 10.7. The zero-order chi connectivity index (χ0) is 13.3. The minimum Gasteiger partial charge on any atom is -0.496 e. The fourth-order valence-corrected chi connectivity index (χ4v) is 2.44. The number of carbonyl (C=O) groups is 1. The Morgan fingerprint density at radius 2 is 2.06 bits per heavy atom. The van der Waals surface area contributed by atoms with Crippen molar-refractivity contribution in [1.29, 1.82) is 0 Å². The SMILES string of the molecule is COc1ccc(-c2csc(C(=O)O)n2)c(C)c1C. The molecule has 0 radical (unpaired) electrons. The van der Waals surface area contributed by atoms with Crippen LogP contribution >= 0.6 is 11.3 Å². The van der Waals surface area contributed by atoms with Gasteiger partial charge in [0.25, 0.3) is 0 Å². The molecule has 1 N–H and O–H groups in total. The van der Waals surface area contributed by atoms with E-state index < -0.39 is 5.97 Å². The van der Waals surface area contributed by atoms with Crippen LogP contribution in [0.2, 0.25) is 0 Å². The molecule has 0 aliphatic carbocycles. The van der Waals surface area contributed by atoms with Crippen LogP contribution in [0.25, 0.3) is 11.3 Å². The van der Waals surface area contributed by atoms with E-state index in [0.29, 0.717) is 5.69 Å². The van der Waals surface area contributed by atoms with E-state index in [4.69, 9.17) is 9.84 Å². The number of benzene rings is 1. The van der Waals surface area contributed by atoms with Gasteiger partial charge in [-0.2, -0.15) is 0 Å². The highest BCUT2D eigenvalue weighted by atomic mass is 32.1. The lowest BCUT2D eigenvalue weighted by Gasteiger charge is -2.10. The van der Waals surface area contributed by atoms with Crippen molar-refractivity contribution in [2.75, 3.05) is 7.11 Å². The van der Waals surface area contributed by atoms with Crippen molar-refractivity contribution in [3.05, 3.63) is 33.6 Å². The van der Waals surface area contributed by atoms with Crippen LogP contribution in [0, 0.1) is 13.8 Å². The minimum atomic E-state index is -0.992. The molecular formula is C13H13NO3S. The number of carboxylic acids is 1. The van der Waals surface area contributed by atoms with Gasteiger partial charge in [-0.3, -0.25) is 0 Å². The lowest BCUT2D eigenvalue weighted by molar-refractivity contribution is 0.0696. The normalized spacial score (nSPS) is 10.4. The Balaban J connectivity index is 2.50. The zero-order valence-electron chi connectivity index (χ0n) is 10.4. The molecule has 1 heterocycles. The van der Waals surface area contributed by atoms with Crippen molar-refractivity contribution >= 4 is 17.3 Å². The van der Waals surface area contributed by atoms with Crippen LogP contribution in [0.1, 0.15) is 20.9 Å². The molecule has 18 heavy (non-hydrogen) atoms. The zero-order valence-corrected chi connectivity index (χ0v) is 11.2. The summed E-state index contributed by atoms with van der Waals surface area (Å²) in [6.07, 6.45) is 0. The quantitative estimate of drug-likeness (QED) is 0.924. The molecule has 4 nitrogen and oxygen atoms in total.